The molecule has 1 saturated heterocycles. The van der Waals surface area contributed by atoms with Gasteiger partial charge >= 0.3 is 0 Å². The van der Waals surface area contributed by atoms with Crippen molar-refractivity contribution in [2.24, 2.45) is 0 Å². The monoisotopic (exact) mass is 338 g/mol. The van der Waals surface area contributed by atoms with E-state index in [4.69, 9.17) is 13.6 Å². The lowest BCUT2D eigenvalue weighted by molar-refractivity contribution is -0.0488. The number of carbonyl (C=O) groups excluding carboxylic acids is 1. The number of ether oxygens (including phenoxy) is 1. The predicted molar refractivity (Wildman–Crippen MR) is 89.8 cm³/mol. The molecule has 3 aromatic rings. The summed E-state index contributed by atoms with van der Waals surface area (Å²) < 4.78 is 16.6. The Morgan fingerprint density at radius 2 is 2.00 bits per heavy atom. The van der Waals surface area contributed by atoms with Crippen LogP contribution in [0, 0.1) is 0 Å². The van der Waals surface area contributed by atoms with E-state index < -0.39 is 0 Å². The van der Waals surface area contributed by atoms with Gasteiger partial charge in [-0.1, -0.05) is 30.3 Å². The molecule has 1 amide bonds. The summed E-state index contributed by atoms with van der Waals surface area (Å²) in [5.74, 6) is 0.656. The van der Waals surface area contributed by atoms with Gasteiger partial charge in [0, 0.05) is 0 Å². The van der Waals surface area contributed by atoms with Crippen molar-refractivity contribution in [2.45, 2.75) is 19.1 Å². The fourth-order valence-electron chi connectivity index (χ4n) is 3.03. The summed E-state index contributed by atoms with van der Waals surface area (Å²) in [6.45, 7) is 2.90. The minimum absolute atomic E-state index is 0.0476. The Kier molecular flexibility index (Phi) is 4.11. The maximum absolute atomic E-state index is 13.1. The van der Waals surface area contributed by atoms with Crippen LogP contribution in [0.25, 0.3) is 11.5 Å². The summed E-state index contributed by atoms with van der Waals surface area (Å²) in [7, 11) is 0. The molecule has 0 aliphatic carbocycles. The van der Waals surface area contributed by atoms with Crippen molar-refractivity contribution < 1.29 is 18.4 Å². The molecule has 25 heavy (non-hydrogen) atoms. The molecule has 1 aromatic carbocycles. The summed E-state index contributed by atoms with van der Waals surface area (Å²) in [6.07, 6.45) is 2.65. The Bertz CT molecular complexity index is 841. The van der Waals surface area contributed by atoms with Gasteiger partial charge in [-0.05, 0) is 24.6 Å². The number of furan rings is 1. The zero-order chi connectivity index (χ0) is 17.2. The van der Waals surface area contributed by atoms with E-state index in [-0.39, 0.29) is 23.7 Å². The lowest BCUT2D eigenvalue weighted by Gasteiger charge is -2.37. The molecular weight excluding hydrogens is 320 g/mol. The van der Waals surface area contributed by atoms with Gasteiger partial charge in [0.15, 0.2) is 17.8 Å². The minimum Gasteiger partial charge on any atom is -0.461 e. The molecule has 1 aliphatic rings. The van der Waals surface area contributed by atoms with Gasteiger partial charge in [0.25, 0.3) is 5.91 Å². The van der Waals surface area contributed by atoms with Crippen LogP contribution < -0.4 is 0 Å². The third-order valence-corrected chi connectivity index (χ3v) is 4.38. The topological polar surface area (TPSA) is 68.7 Å². The zero-order valence-corrected chi connectivity index (χ0v) is 13.8. The molecule has 2 unspecified atom stereocenters. The Balaban J connectivity index is 1.60. The van der Waals surface area contributed by atoms with Crippen LogP contribution in [0.4, 0.5) is 0 Å². The van der Waals surface area contributed by atoms with Gasteiger partial charge in [0.05, 0.1) is 25.5 Å². The van der Waals surface area contributed by atoms with Crippen LogP contribution in [-0.2, 0) is 4.74 Å². The second kappa shape index (κ2) is 6.57. The number of hydrogen-bond donors (Lipinski definition) is 0. The number of oxazole rings is 1. The third-order valence-electron chi connectivity index (χ3n) is 4.38. The molecule has 1 aliphatic heterocycles. The maximum Gasteiger partial charge on any atom is 0.277 e. The number of aromatic nitrogens is 1. The van der Waals surface area contributed by atoms with Crippen molar-refractivity contribution >= 4 is 5.91 Å². The number of amides is 1. The molecule has 0 bridgehead atoms. The summed E-state index contributed by atoms with van der Waals surface area (Å²) in [5, 5.41) is 0. The van der Waals surface area contributed by atoms with Gasteiger partial charge in [-0.15, -0.1) is 0 Å². The molecule has 3 heterocycles. The summed E-state index contributed by atoms with van der Waals surface area (Å²) in [5.41, 5.74) is 1.31. The van der Waals surface area contributed by atoms with Crippen molar-refractivity contribution in [3.05, 3.63) is 66.4 Å². The lowest BCUT2D eigenvalue weighted by atomic mass is 10.1. The summed E-state index contributed by atoms with van der Waals surface area (Å²) in [4.78, 5) is 19.0. The van der Waals surface area contributed by atoms with Crippen LogP contribution >= 0.6 is 0 Å². The molecule has 2 aromatic heterocycles. The zero-order valence-electron chi connectivity index (χ0n) is 13.8. The number of rotatable bonds is 3. The SMILES string of the molecule is CC1COC(c2ccccc2)CN1C(=O)c1ncoc1-c1ccco1. The normalized spacial score (nSPS) is 20.6. The number of hydrogen-bond acceptors (Lipinski definition) is 5. The quantitative estimate of drug-likeness (QED) is 0.731. The van der Waals surface area contributed by atoms with E-state index in [1.54, 1.807) is 17.0 Å². The Morgan fingerprint density at radius 3 is 2.76 bits per heavy atom. The number of carbonyl (C=O) groups is 1. The molecular formula is C19H18N2O4. The number of morpholine rings is 1. The van der Waals surface area contributed by atoms with Crippen LogP contribution in [-0.4, -0.2) is 35.0 Å². The predicted octanol–water partition coefficient (Wildman–Crippen LogP) is 3.54. The first-order valence-electron chi connectivity index (χ1n) is 8.19. The van der Waals surface area contributed by atoms with Gasteiger partial charge in [0.2, 0.25) is 5.76 Å². The number of nitrogens with zero attached hydrogens (tertiary/aromatic N) is 2. The first-order valence-corrected chi connectivity index (χ1v) is 8.19. The van der Waals surface area contributed by atoms with Crippen LogP contribution in [0.2, 0.25) is 0 Å². The molecule has 128 valence electrons. The van der Waals surface area contributed by atoms with Gasteiger partial charge in [-0.25, -0.2) is 4.98 Å². The highest BCUT2D eigenvalue weighted by Gasteiger charge is 2.34. The largest absolute Gasteiger partial charge is 0.461 e. The van der Waals surface area contributed by atoms with Crippen molar-refractivity contribution in [3.63, 3.8) is 0 Å². The molecule has 1 fully saturated rings. The summed E-state index contributed by atoms with van der Waals surface area (Å²) in [6, 6.07) is 13.4. The average Bonchev–Trinajstić information content (AvgIpc) is 3.33. The van der Waals surface area contributed by atoms with Crippen molar-refractivity contribution in [1.82, 2.24) is 9.88 Å². The molecule has 0 radical (unpaired) electrons. The van der Waals surface area contributed by atoms with E-state index in [1.807, 2.05) is 37.3 Å². The highest BCUT2D eigenvalue weighted by Crippen LogP contribution is 2.29. The van der Waals surface area contributed by atoms with Gasteiger partial charge < -0.3 is 18.5 Å². The molecule has 4 rings (SSSR count). The minimum atomic E-state index is -0.183. The van der Waals surface area contributed by atoms with Crippen molar-refractivity contribution in [3.8, 4) is 11.5 Å². The first kappa shape index (κ1) is 15.7. The van der Waals surface area contributed by atoms with Crippen LogP contribution in [0.1, 0.15) is 29.1 Å². The highest BCUT2D eigenvalue weighted by atomic mass is 16.5. The Hall–Kier alpha value is -2.86. The standard InChI is InChI=1S/C19H18N2O4/c1-13-11-24-16(14-6-3-2-4-7-14)10-21(13)19(22)17-18(25-12-20-17)15-8-5-9-23-15/h2-9,12-13,16H,10-11H2,1H3. The molecule has 6 nitrogen and oxygen atoms in total. The molecule has 6 heteroatoms. The second-order valence-electron chi connectivity index (χ2n) is 6.05. The van der Waals surface area contributed by atoms with Crippen LogP contribution in [0.5, 0.6) is 0 Å². The summed E-state index contributed by atoms with van der Waals surface area (Å²) >= 11 is 0. The second-order valence-corrected chi connectivity index (χ2v) is 6.05. The molecule has 0 spiro atoms. The van der Waals surface area contributed by atoms with E-state index in [2.05, 4.69) is 4.98 Å². The molecule has 0 N–H and O–H groups in total. The molecule has 0 saturated carbocycles. The van der Waals surface area contributed by atoms with E-state index >= 15 is 0 Å². The van der Waals surface area contributed by atoms with E-state index in [0.29, 0.717) is 24.7 Å². The fourth-order valence-corrected chi connectivity index (χ4v) is 3.03. The Morgan fingerprint density at radius 1 is 1.16 bits per heavy atom. The first-order chi connectivity index (χ1) is 12.2. The Labute approximate surface area is 145 Å². The lowest BCUT2D eigenvalue weighted by Crippen LogP contribution is -2.48. The highest BCUT2D eigenvalue weighted by molar-refractivity contribution is 5.97. The molecule has 2 atom stereocenters. The van der Waals surface area contributed by atoms with Gasteiger partial charge in [0.1, 0.15) is 6.10 Å². The van der Waals surface area contributed by atoms with Crippen molar-refractivity contribution in [2.75, 3.05) is 13.2 Å². The van der Waals surface area contributed by atoms with Gasteiger partial charge in [-0.3, -0.25) is 4.79 Å². The van der Waals surface area contributed by atoms with E-state index in [1.165, 1.54) is 12.7 Å². The average molecular weight is 338 g/mol. The van der Waals surface area contributed by atoms with Gasteiger partial charge in [-0.2, -0.15) is 0 Å². The number of benzene rings is 1. The van der Waals surface area contributed by atoms with Crippen LogP contribution in [0.3, 0.4) is 0 Å². The third kappa shape index (κ3) is 2.96. The van der Waals surface area contributed by atoms with Crippen molar-refractivity contribution in [1.29, 1.82) is 0 Å². The van der Waals surface area contributed by atoms with E-state index in [0.717, 1.165) is 5.56 Å². The smallest absolute Gasteiger partial charge is 0.277 e. The van der Waals surface area contributed by atoms with Crippen LogP contribution in [0.15, 0.2) is 64.0 Å². The fraction of sp³-hybridized carbons (Fsp3) is 0.263. The maximum atomic E-state index is 13.1. The van der Waals surface area contributed by atoms with E-state index in [9.17, 15) is 4.79 Å².